The molecule has 0 aliphatic rings. The Morgan fingerprint density at radius 3 is 2.09 bits per heavy atom. The number of likely N-dealkylation sites (N-methyl/N-ethyl adjacent to an activating group) is 1. The van der Waals surface area contributed by atoms with Gasteiger partial charge >= 0.3 is 0 Å². The predicted octanol–water partition coefficient (Wildman–Crippen LogP) is 0.853. The van der Waals surface area contributed by atoms with Crippen molar-refractivity contribution in [1.29, 1.82) is 0 Å². The molecule has 0 aliphatic heterocycles. The summed E-state index contributed by atoms with van der Waals surface area (Å²) in [7, 11) is 3.46. The molecule has 0 atom stereocenters. The highest BCUT2D eigenvalue weighted by Crippen LogP contribution is 1.89. The van der Waals surface area contributed by atoms with Gasteiger partial charge in [-0.05, 0) is 33.1 Å². The zero-order valence-corrected chi connectivity index (χ0v) is 15.2. The monoisotopic (exact) mass is 330 g/mol. The van der Waals surface area contributed by atoms with Crippen LogP contribution in [0.2, 0.25) is 0 Å². The van der Waals surface area contributed by atoms with Crippen LogP contribution in [0.15, 0.2) is 4.99 Å². The van der Waals surface area contributed by atoms with E-state index in [1.165, 1.54) is 4.90 Å². The van der Waals surface area contributed by atoms with Crippen molar-refractivity contribution in [3.05, 3.63) is 0 Å². The van der Waals surface area contributed by atoms with E-state index in [0.29, 0.717) is 5.96 Å². The van der Waals surface area contributed by atoms with Gasteiger partial charge in [0, 0.05) is 53.6 Å². The molecule has 2 N–H and O–H groups in total. The molecular formula is C16H34N4O3. The number of amides is 1. The molecule has 0 bridgehead atoms. The molecule has 0 radical (unpaired) electrons. The van der Waals surface area contributed by atoms with Gasteiger partial charge in [0.2, 0.25) is 5.91 Å². The maximum atomic E-state index is 11.6. The van der Waals surface area contributed by atoms with Crippen LogP contribution in [-0.2, 0) is 14.3 Å². The van der Waals surface area contributed by atoms with Gasteiger partial charge in [-0.1, -0.05) is 0 Å². The van der Waals surface area contributed by atoms with Crippen molar-refractivity contribution >= 4 is 11.9 Å². The molecule has 7 nitrogen and oxygen atoms in total. The predicted molar refractivity (Wildman–Crippen MR) is 93.8 cm³/mol. The molecular weight excluding hydrogens is 296 g/mol. The fourth-order valence-corrected chi connectivity index (χ4v) is 1.67. The molecule has 136 valence electrons. The van der Waals surface area contributed by atoms with Crippen LogP contribution in [0.25, 0.3) is 0 Å². The van der Waals surface area contributed by atoms with Crippen LogP contribution in [0.4, 0.5) is 0 Å². The Balaban J connectivity index is 4.10. The highest BCUT2D eigenvalue weighted by Gasteiger charge is 2.04. The van der Waals surface area contributed by atoms with Crippen molar-refractivity contribution in [2.45, 2.75) is 33.1 Å². The maximum absolute atomic E-state index is 11.6. The topological polar surface area (TPSA) is 75.2 Å². The van der Waals surface area contributed by atoms with E-state index in [4.69, 9.17) is 9.47 Å². The normalized spacial score (nSPS) is 11.4. The van der Waals surface area contributed by atoms with Crippen LogP contribution in [0.3, 0.4) is 0 Å². The van der Waals surface area contributed by atoms with Gasteiger partial charge in [0.1, 0.15) is 6.54 Å². The zero-order valence-electron chi connectivity index (χ0n) is 15.2. The highest BCUT2D eigenvalue weighted by molar-refractivity contribution is 5.84. The first-order valence-corrected chi connectivity index (χ1v) is 8.49. The molecule has 0 saturated heterocycles. The molecule has 0 aromatic carbocycles. The van der Waals surface area contributed by atoms with E-state index in [1.54, 1.807) is 14.1 Å². The van der Waals surface area contributed by atoms with Gasteiger partial charge in [-0.25, -0.2) is 4.99 Å². The average molecular weight is 330 g/mol. The second-order valence-electron chi connectivity index (χ2n) is 5.26. The number of nitrogens with one attached hydrogen (secondary N) is 2. The fraction of sp³-hybridized carbons (Fsp3) is 0.875. The van der Waals surface area contributed by atoms with Crippen molar-refractivity contribution in [1.82, 2.24) is 15.5 Å². The SMILES string of the molecule is CCOCCCCNC(=NCC(=O)N(C)C)NCCCOCC. The molecule has 0 aromatic rings. The summed E-state index contributed by atoms with van der Waals surface area (Å²) in [5.74, 6) is 0.657. The van der Waals surface area contributed by atoms with E-state index < -0.39 is 0 Å². The van der Waals surface area contributed by atoms with E-state index in [-0.39, 0.29) is 12.5 Å². The minimum absolute atomic E-state index is 0.0169. The average Bonchev–Trinajstić information content (AvgIpc) is 2.54. The van der Waals surface area contributed by atoms with Crippen LogP contribution in [0, 0.1) is 0 Å². The van der Waals surface area contributed by atoms with E-state index >= 15 is 0 Å². The van der Waals surface area contributed by atoms with E-state index in [1.807, 2.05) is 13.8 Å². The zero-order chi connectivity index (χ0) is 17.3. The quantitative estimate of drug-likeness (QED) is 0.297. The summed E-state index contributed by atoms with van der Waals surface area (Å²) in [5, 5.41) is 6.49. The lowest BCUT2D eigenvalue weighted by Crippen LogP contribution is -2.39. The number of carbonyl (C=O) groups is 1. The smallest absolute Gasteiger partial charge is 0.243 e. The third-order valence-electron chi connectivity index (χ3n) is 3.05. The molecule has 0 rings (SSSR count). The number of hydrogen-bond donors (Lipinski definition) is 2. The molecule has 7 heteroatoms. The molecule has 0 spiro atoms. The minimum Gasteiger partial charge on any atom is -0.382 e. The third-order valence-corrected chi connectivity index (χ3v) is 3.05. The Morgan fingerprint density at radius 1 is 0.957 bits per heavy atom. The van der Waals surface area contributed by atoms with Gasteiger partial charge < -0.3 is 25.0 Å². The van der Waals surface area contributed by atoms with E-state index in [9.17, 15) is 4.79 Å². The first kappa shape index (κ1) is 21.7. The van der Waals surface area contributed by atoms with Gasteiger partial charge in [0.05, 0.1) is 0 Å². The maximum Gasteiger partial charge on any atom is 0.243 e. The van der Waals surface area contributed by atoms with Crippen LogP contribution in [0.1, 0.15) is 33.1 Å². The second-order valence-corrected chi connectivity index (χ2v) is 5.26. The summed E-state index contributed by atoms with van der Waals surface area (Å²) in [6.07, 6.45) is 2.91. The molecule has 23 heavy (non-hydrogen) atoms. The van der Waals surface area contributed by atoms with Crippen molar-refractivity contribution in [3.8, 4) is 0 Å². The molecule has 0 aliphatic carbocycles. The standard InChI is InChI=1S/C16H34N4O3/c1-5-22-12-8-7-10-17-16(18-11-9-13-23-6-2)19-14-15(21)20(3)4/h5-14H2,1-4H3,(H2,17,18,19). The van der Waals surface area contributed by atoms with Crippen LogP contribution in [0.5, 0.6) is 0 Å². The van der Waals surface area contributed by atoms with Gasteiger partial charge in [0.15, 0.2) is 5.96 Å². The van der Waals surface area contributed by atoms with Crippen molar-refractivity contribution < 1.29 is 14.3 Å². The number of rotatable bonds is 13. The second kappa shape index (κ2) is 15.6. The summed E-state index contributed by atoms with van der Waals surface area (Å²) in [6, 6.07) is 0. The first-order valence-electron chi connectivity index (χ1n) is 8.49. The Labute approximate surface area is 140 Å². The van der Waals surface area contributed by atoms with Crippen LogP contribution in [-0.4, -0.2) is 76.9 Å². The number of ether oxygens (including phenoxy) is 2. The lowest BCUT2D eigenvalue weighted by molar-refractivity contribution is -0.127. The molecule has 0 aromatic heterocycles. The Kier molecular flexibility index (Phi) is 14.6. The molecule has 0 fully saturated rings. The third kappa shape index (κ3) is 14.0. The lowest BCUT2D eigenvalue weighted by atomic mass is 10.3. The number of hydrogen-bond acceptors (Lipinski definition) is 4. The number of guanidine groups is 1. The van der Waals surface area contributed by atoms with Gasteiger partial charge in [-0.3, -0.25) is 4.79 Å². The Hall–Kier alpha value is -1.34. The molecule has 0 unspecified atom stereocenters. The fourth-order valence-electron chi connectivity index (χ4n) is 1.67. The Morgan fingerprint density at radius 2 is 1.52 bits per heavy atom. The summed E-state index contributed by atoms with van der Waals surface area (Å²) < 4.78 is 10.6. The van der Waals surface area contributed by atoms with Crippen molar-refractivity contribution in [2.75, 3.05) is 60.2 Å². The minimum atomic E-state index is -0.0169. The summed E-state index contributed by atoms with van der Waals surface area (Å²) in [5.41, 5.74) is 0. The highest BCUT2D eigenvalue weighted by atomic mass is 16.5. The summed E-state index contributed by atoms with van der Waals surface area (Å²) in [4.78, 5) is 17.5. The number of nitrogens with zero attached hydrogens (tertiary/aromatic N) is 2. The first-order chi connectivity index (χ1) is 11.1. The van der Waals surface area contributed by atoms with E-state index in [2.05, 4.69) is 15.6 Å². The molecule has 1 amide bonds. The lowest BCUT2D eigenvalue weighted by Gasteiger charge is -2.14. The van der Waals surface area contributed by atoms with Crippen LogP contribution >= 0.6 is 0 Å². The molecule has 0 saturated carbocycles. The van der Waals surface area contributed by atoms with Crippen molar-refractivity contribution in [3.63, 3.8) is 0 Å². The van der Waals surface area contributed by atoms with Crippen LogP contribution < -0.4 is 10.6 Å². The van der Waals surface area contributed by atoms with Gasteiger partial charge in [-0.15, -0.1) is 0 Å². The Bertz CT molecular complexity index is 322. The number of aliphatic imine (C=N–C) groups is 1. The summed E-state index contributed by atoms with van der Waals surface area (Å²) in [6.45, 7) is 8.69. The largest absolute Gasteiger partial charge is 0.382 e. The number of unbranched alkanes of at least 4 members (excludes halogenated alkanes) is 1. The van der Waals surface area contributed by atoms with Crippen molar-refractivity contribution in [2.24, 2.45) is 4.99 Å². The van der Waals surface area contributed by atoms with Gasteiger partial charge in [-0.2, -0.15) is 0 Å². The molecule has 0 heterocycles. The summed E-state index contributed by atoms with van der Waals surface area (Å²) >= 11 is 0. The van der Waals surface area contributed by atoms with E-state index in [0.717, 1.165) is 58.8 Å². The van der Waals surface area contributed by atoms with Gasteiger partial charge in [0.25, 0.3) is 0 Å². The number of carbonyl (C=O) groups excluding carboxylic acids is 1.